The van der Waals surface area contributed by atoms with Crippen LogP contribution in [0.3, 0.4) is 0 Å². The Labute approximate surface area is 91.0 Å². The molecule has 84 valence electrons. The minimum Gasteiger partial charge on any atom is -0.392 e. The van der Waals surface area contributed by atoms with Gasteiger partial charge in [0.1, 0.15) is 0 Å². The van der Waals surface area contributed by atoms with Crippen molar-refractivity contribution in [2.45, 2.75) is 13.5 Å². The Hall–Kier alpha value is -1.75. The summed E-state index contributed by atoms with van der Waals surface area (Å²) in [5.74, 6) is -1.81. The molecule has 0 saturated heterocycles. The van der Waals surface area contributed by atoms with Gasteiger partial charge in [0.2, 0.25) is 0 Å². The van der Waals surface area contributed by atoms with Crippen molar-refractivity contribution in [3.05, 3.63) is 47.3 Å². The third-order valence-corrected chi connectivity index (χ3v) is 2.34. The van der Waals surface area contributed by atoms with Gasteiger partial charge in [-0.2, -0.15) is 5.10 Å². The van der Waals surface area contributed by atoms with E-state index in [4.69, 9.17) is 5.11 Å². The molecule has 0 saturated carbocycles. The van der Waals surface area contributed by atoms with Gasteiger partial charge in [-0.3, -0.25) is 0 Å². The SMILES string of the molecule is Cc1nn(-c2ccc(F)c(F)c2)cc1CO. The molecule has 5 heteroatoms. The summed E-state index contributed by atoms with van der Waals surface area (Å²) in [6.45, 7) is 1.61. The van der Waals surface area contributed by atoms with Gasteiger partial charge in [0.15, 0.2) is 11.6 Å². The molecule has 1 heterocycles. The van der Waals surface area contributed by atoms with E-state index in [-0.39, 0.29) is 6.61 Å². The Balaban J connectivity index is 2.46. The Morgan fingerprint density at radius 1 is 1.31 bits per heavy atom. The zero-order valence-electron chi connectivity index (χ0n) is 8.61. The molecule has 0 unspecified atom stereocenters. The van der Waals surface area contributed by atoms with Gasteiger partial charge < -0.3 is 5.11 Å². The lowest BCUT2D eigenvalue weighted by Crippen LogP contribution is -1.96. The van der Waals surface area contributed by atoms with Gasteiger partial charge in [-0.05, 0) is 19.1 Å². The van der Waals surface area contributed by atoms with E-state index < -0.39 is 11.6 Å². The fourth-order valence-electron chi connectivity index (χ4n) is 1.41. The van der Waals surface area contributed by atoms with Crippen LogP contribution in [0.2, 0.25) is 0 Å². The molecular formula is C11H10F2N2O. The third-order valence-electron chi connectivity index (χ3n) is 2.34. The number of benzene rings is 1. The highest BCUT2D eigenvalue weighted by molar-refractivity contribution is 5.33. The summed E-state index contributed by atoms with van der Waals surface area (Å²) < 4.78 is 27.1. The molecule has 0 bridgehead atoms. The zero-order chi connectivity index (χ0) is 11.7. The zero-order valence-corrected chi connectivity index (χ0v) is 8.61. The fraction of sp³-hybridized carbons (Fsp3) is 0.182. The van der Waals surface area contributed by atoms with E-state index in [2.05, 4.69) is 5.10 Å². The van der Waals surface area contributed by atoms with Gasteiger partial charge in [-0.15, -0.1) is 0 Å². The highest BCUT2D eigenvalue weighted by Crippen LogP contribution is 2.14. The first-order chi connectivity index (χ1) is 7.61. The maximum Gasteiger partial charge on any atom is 0.160 e. The van der Waals surface area contributed by atoms with E-state index >= 15 is 0 Å². The van der Waals surface area contributed by atoms with Crippen LogP contribution in [0.4, 0.5) is 8.78 Å². The number of hydrogen-bond acceptors (Lipinski definition) is 2. The van der Waals surface area contributed by atoms with E-state index in [0.29, 0.717) is 16.9 Å². The molecule has 0 fully saturated rings. The van der Waals surface area contributed by atoms with Crippen molar-refractivity contribution in [3.8, 4) is 5.69 Å². The highest BCUT2D eigenvalue weighted by atomic mass is 19.2. The summed E-state index contributed by atoms with van der Waals surface area (Å²) in [7, 11) is 0. The smallest absolute Gasteiger partial charge is 0.160 e. The standard InChI is InChI=1S/C11H10F2N2O/c1-7-8(6-16)5-15(14-7)9-2-3-10(12)11(13)4-9/h2-5,16H,6H2,1H3. The van der Waals surface area contributed by atoms with E-state index in [1.54, 1.807) is 13.1 Å². The van der Waals surface area contributed by atoms with Gasteiger partial charge >= 0.3 is 0 Å². The normalized spacial score (nSPS) is 10.8. The summed E-state index contributed by atoms with van der Waals surface area (Å²) in [5.41, 5.74) is 1.73. The molecule has 0 aliphatic heterocycles. The van der Waals surface area contributed by atoms with Crippen molar-refractivity contribution in [1.82, 2.24) is 9.78 Å². The monoisotopic (exact) mass is 224 g/mol. The van der Waals surface area contributed by atoms with Crippen LogP contribution in [0.25, 0.3) is 5.69 Å². The molecule has 3 nitrogen and oxygen atoms in total. The predicted octanol–water partition coefficient (Wildman–Crippen LogP) is 1.95. The van der Waals surface area contributed by atoms with Crippen LogP contribution < -0.4 is 0 Å². The van der Waals surface area contributed by atoms with E-state index in [9.17, 15) is 8.78 Å². The maximum absolute atomic E-state index is 13.0. The molecule has 1 aromatic carbocycles. The third kappa shape index (κ3) is 1.81. The summed E-state index contributed by atoms with van der Waals surface area (Å²) in [5, 5.41) is 13.1. The Morgan fingerprint density at radius 2 is 2.06 bits per heavy atom. The summed E-state index contributed by atoms with van der Waals surface area (Å²) in [6.07, 6.45) is 1.59. The van der Waals surface area contributed by atoms with Gasteiger partial charge in [0.25, 0.3) is 0 Å². The lowest BCUT2D eigenvalue weighted by molar-refractivity contribution is 0.281. The lowest BCUT2D eigenvalue weighted by atomic mass is 10.3. The molecule has 0 atom stereocenters. The van der Waals surface area contributed by atoms with Gasteiger partial charge in [0.05, 0.1) is 18.0 Å². The first-order valence-corrected chi connectivity index (χ1v) is 4.73. The van der Waals surface area contributed by atoms with Crippen molar-refractivity contribution in [3.63, 3.8) is 0 Å². The summed E-state index contributed by atoms with van der Waals surface area (Å²) in [4.78, 5) is 0. The van der Waals surface area contributed by atoms with Crippen LogP contribution in [0.1, 0.15) is 11.3 Å². The first kappa shape index (κ1) is 10.8. The van der Waals surface area contributed by atoms with Crippen LogP contribution in [-0.4, -0.2) is 14.9 Å². The molecule has 0 aliphatic rings. The second kappa shape index (κ2) is 4.02. The van der Waals surface area contributed by atoms with Crippen LogP contribution in [0.15, 0.2) is 24.4 Å². The number of hydrogen-bond donors (Lipinski definition) is 1. The topological polar surface area (TPSA) is 38.0 Å². The molecule has 0 amide bonds. The Bertz CT molecular complexity index is 523. The molecule has 2 rings (SSSR count). The average Bonchev–Trinajstić information content (AvgIpc) is 2.64. The number of nitrogens with zero attached hydrogens (tertiary/aromatic N) is 2. The van der Waals surface area contributed by atoms with E-state index in [1.807, 2.05) is 0 Å². The van der Waals surface area contributed by atoms with Crippen molar-refractivity contribution in [1.29, 1.82) is 0 Å². The van der Waals surface area contributed by atoms with Crippen molar-refractivity contribution in [2.75, 3.05) is 0 Å². The van der Waals surface area contributed by atoms with Gasteiger partial charge in [0, 0.05) is 17.8 Å². The molecule has 1 N–H and O–H groups in total. The van der Waals surface area contributed by atoms with E-state index in [0.717, 1.165) is 12.1 Å². The van der Waals surface area contributed by atoms with Crippen LogP contribution >= 0.6 is 0 Å². The molecule has 2 aromatic rings. The maximum atomic E-state index is 13.0. The predicted molar refractivity (Wildman–Crippen MR) is 54.1 cm³/mol. The minimum absolute atomic E-state index is 0.129. The number of rotatable bonds is 2. The van der Waals surface area contributed by atoms with Crippen molar-refractivity contribution >= 4 is 0 Å². The van der Waals surface area contributed by atoms with Crippen LogP contribution in [0, 0.1) is 18.6 Å². The fourth-order valence-corrected chi connectivity index (χ4v) is 1.41. The van der Waals surface area contributed by atoms with Crippen LogP contribution in [-0.2, 0) is 6.61 Å². The lowest BCUT2D eigenvalue weighted by Gasteiger charge is -2.01. The quantitative estimate of drug-likeness (QED) is 0.846. The minimum atomic E-state index is -0.920. The molecule has 16 heavy (non-hydrogen) atoms. The van der Waals surface area contributed by atoms with Crippen molar-refractivity contribution in [2.24, 2.45) is 0 Å². The van der Waals surface area contributed by atoms with Crippen LogP contribution in [0.5, 0.6) is 0 Å². The van der Waals surface area contributed by atoms with E-state index in [1.165, 1.54) is 10.7 Å². The van der Waals surface area contributed by atoms with Gasteiger partial charge in [-0.1, -0.05) is 0 Å². The summed E-state index contributed by atoms with van der Waals surface area (Å²) in [6, 6.07) is 3.52. The first-order valence-electron chi connectivity index (χ1n) is 4.73. The number of aliphatic hydroxyl groups excluding tert-OH is 1. The summed E-state index contributed by atoms with van der Waals surface area (Å²) >= 11 is 0. The molecule has 0 radical (unpaired) electrons. The number of aliphatic hydroxyl groups is 1. The number of halogens is 2. The average molecular weight is 224 g/mol. The number of aryl methyl sites for hydroxylation is 1. The molecule has 0 aliphatic carbocycles. The Morgan fingerprint density at radius 3 is 2.62 bits per heavy atom. The van der Waals surface area contributed by atoms with Crippen molar-refractivity contribution < 1.29 is 13.9 Å². The second-order valence-corrected chi connectivity index (χ2v) is 3.44. The second-order valence-electron chi connectivity index (χ2n) is 3.44. The molecule has 1 aromatic heterocycles. The molecular weight excluding hydrogens is 214 g/mol. The Kier molecular flexibility index (Phi) is 2.70. The molecule has 0 spiro atoms. The van der Waals surface area contributed by atoms with Gasteiger partial charge in [-0.25, -0.2) is 13.5 Å². The highest BCUT2D eigenvalue weighted by Gasteiger charge is 2.07. The largest absolute Gasteiger partial charge is 0.392 e. The number of aromatic nitrogens is 2.